The summed E-state index contributed by atoms with van der Waals surface area (Å²) in [4.78, 5) is -1.62. The van der Waals surface area contributed by atoms with E-state index in [2.05, 4.69) is 20.5 Å². The molecule has 8 aromatic carbocycles. The van der Waals surface area contributed by atoms with Crippen LogP contribution >= 0.6 is 0 Å². The molecule has 8 rings (SSSR count). The van der Waals surface area contributed by atoms with Gasteiger partial charge in [-0.25, -0.2) is 0 Å². The number of azo groups is 2. The molecule has 8 aromatic rings. The third-order valence-electron chi connectivity index (χ3n) is 11.1. The van der Waals surface area contributed by atoms with E-state index in [0.717, 1.165) is 35.4 Å². The van der Waals surface area contributed by atoms with Crippen LogP contribution in [-0.4, -0.2) is 53.0 Å². The van der Waals surface area contributed by atoms with E-state index in [4.69, 9.17) is 19.8 Å². The Bertz CT molecular complexity index is 3740. The molecule has 0 aliphatic heterocycles. The summed E-state index contributed by atoms with van der Waals surface area (Å²) in [5.41, 5.74) is 13.2. The normalized spacial score (nSPS) is 12.4. The Balaban J connectivity index is 0.00000435. The van der Waals surface area contributed by atoms with Crippen molar-refractivity contribution in [2.75, 3.05) is 11.5 Å². The van der Waals surface area contributed by atoms with Crippen molar-refractivity contribution in [3.63, 3.8) is 0 Å². The largest absolute Gasteiger partial charge is 1.00 e. The number of rotatable bonds is 14. The maximum Gasteiger partial charge on any atom is 1.00 e. The number of nitrogens with two attached hydrogens (primary N) is 2. The van der Waals surface area contributed by atoms with E-state index in [1.165, 1.54) is 97.1 Å². The van der Waals surface area contributed by atoms with Crippen molar-refractivity contribution in [2.24, 2.45) is 20.5 Å². The Morgan fingerprint density at radius 1 is 0.452 bits per heavy atom. The zero-order valence-electron chi connectivity index (χ0n) is 38.8. The number of aromatic hydroxyl groups is 2. The van der Waals surface area contributed by atoms with E-state index < -0.39 is 67.2 Å². The zero-order chi connectivity index (χ0) is 51.3. The van der Waals surface area contributed by atoms with Crippen LogP contribution in [0.5, 0.6) is 23.0 Å². The quantitative estimate of drug-likeness (QED) is 0.0297. The first-order valence-corrected chi connectivity index (χ1v) is 26.2. The van der Waals surface area contributed by atoms with Crippen molar-refractivity contribution >= 4 is 96.1 Å². The number of nitrogens with zero attached hydrogens (tertiary/aromatic N) is 4. The van der Waals surface area contributed by atoms with E-state index in [1.54, 1.807) is 24.3 Å². The molecule has 0 aliphatic rings. The standard InChI is InChI=1S/C47H38N6O14S4.2Na/c1-47(2,29-11-15-33(16-12-29)66-70(62,63)35-7-3-5-31(23-35)50-52-45-39(48)19-9-27-21-37(68(56,57)58)25-41(54)43(27)45)30-13-17-34(18-14-30)67-71(64,65)36-8-4-6-32(24-36)51-53-46-40(49)20-10-28-22-38(69(59,60)61)26-42(55)44(28)46;;/h3-26,54-55H,48-49H2,1-2H3,(H,56,57,58)(H,59,60,61);;/q;2*+1. The molecule has 0 saturated heterocycles. The third kappa shape index (κ3) is 12.3. The smallest absolute Gasteiger partial charge is 0.507 e. The van der Waals surface area contributed by atoms with Crippen LogP contribution in [0.25, 0.3) is 21.5 Å². The summed E-state index contributed by atoms with van der Waals surface area (Å²) < 4.78 is 130. The Morgan fingerprint density at radius 3 is 1.15 bits per heavy atom. The van der Waals surface area contributed by atoms with Crippen molar-refractivity contribution in [1.29, 1.82) is 0 Å². The number of nitrogen functional groups attached to an aromatic ring is 2. The predicted octanol–water partition coefficient (Wildman–Crippen LogP) is 3.76. The van der Waals surface area contributed by atoms with E-state index in [1.807, 2.05) is 13.8 Å². The molecule has 0 unspecified atom stereocenters. The summed E-state index contributed by atoms with van der Waals surface area (Å²) in [6, 6.07) is 32.9. The van der Waals surface area contributed by atoms with Crippen LogP contribution in [0.15, 0.2) is 186 Å². The van der Waals surface area contributed by atoms with Crippen LogP contribution in [0.4, 0.5) is 34.1 Å². The fraction of sp³-hybridized carbons (Fsp3) is 0.0638. The van der Waals surface area contributed by atoms with E-state index >= 15 is 0 Å². The molecule has 0 spiro atoms. The fourth-order valence-corrected chi connectivity index (χ4v) is 10.3. The van der Waals surface area contributed by atoms with Crippen molar-refractivity contribution in [1.82, 2.24) is 0 Å². The first kappa shape index (κ1) is 56.3. The van der Waals surface area contributed by atoms with Gasteiger partial charge in [0.2, 0.25) is 0 Å². The molecule has 8 N–H and O–H groups in total. The molecule has 0 bridgehead atoms. The molecule has 0 saturated carbocycles. The van der Waals surface area contributed by atoms with Gasteiger partial charge in [0, 0.05) is 17.5 Å². The van der Waals surface area contributed by atoms with Crippen molar-refractivity contribution in [3.05, 3.63) is 157 Å². The maximum absolute atomic E-state index is 13.4. The summed E-state index contributed by atoms with van der Waals surface area (Å²) in [6.45, 7) is 3.81. The second kappa shape index (κ2) is 21.5. The molecule has 0 heterocycles. The molecule has 0 aromatic heterocycles. The summed E-state index contributed by atoms with van der Waals surface area (Å²) >= 11 is 0. The van der Waals surface area contributed by atoms with Gasteiger partial charge >= 0.3 is 79.4 Å². The number of anilines is 2. The first-order chi connectivity index (χ1) is 33.3. The van der Waals surface area contributed by atoms with Gasteiger partial charge in [-0.2, -0.15) is 43.9 Å². The Morgan fingerprint density at radius 2 is 0.808 bits per heavy atom. The number of benzene rings is 8. The molecule has 20 nitrogen and oxygen atoms in total. The van der Waals surface area contributed by atoms with Crippen LogP contribution < -0.4 is 78.9 Å². The van der Waals surface area contributed by atoms with Crippen molar-refractivity contribution in [3.8, 4) is 23.0 Å². The molecule has 26 heteroatoms. The molecule has 364 valence electrons. The van der Waals surface area contributed by atoms with Gasteiger partial charge in [-0.1, -0.05) is 62.4 Å². The molecule has 0 radical (unpaired) electrons. The topological polar surface area (TPSA) is 337 Å². The van der Waals surface area contributed by atoms with Crippen molar-refractivity contribution in [2.45, 2.75) is 38.8 Å². The van der Waals surface area contributed by atoms with Crippen molar-refractivity contribution < 1.29 is 120 Å². The summed E-state index contributed by atoms with van der Waals surface area (Å²) in [5.74, 6) is -1.10. The second-order valence-corrected chi connectivity index (χ2v) is 22.1. The van der Waals surface area contributed by atoms with Gasteiger partial charge in [-0.3, -0.25) is 9.11 Å². The van der Waals surface area contributed by atoms with Gasteiger partial charge in [0.05, 0.1) is 43.3 Å². The van der Waals surface area contributed by atoms with Crippen LogP contribution in [-0.2, 0) is 45.9 Å². The fourth-order valence-electron chi connectivity index (χ4n) is 7.33. The molecule has 73 heavy (non-hydrogen) atoms. The Labute approximate surface area is 462 Å². The van der Waals surface area contributed by atoms with Gasteiger partial charge < -0.3 is 30.0 Å². The number of phenolic OH excluding ortho intramolecular Hbond substituents is 2. The van der Waals surface area contributed by atoms with E-state index in [9.17, 15) is 53.0 Å². The van der Waals surface area contributed by atoms with Crippen LogP contribution in [0.2, 0.25) is 0 Å². The molecular formula is C47H38N6Na2O14S4+2. The SMILES string of the molecule is CC(C)(c1ccc(OS(=O)(=O)c2cccc(N=Nc3c(N)ccc4cc(S(=O)(=O)O)cc(O)c34)c2)cc1)c1ccc(OS(=O)(=O)c2cccc(N=Nc3c(N)ccc4cc(S(=O)(=O)O)cc(O)c34)c2)cc1.[Na+].[Na+]. The number of hydrogen-bond donors (Lipinski definition) is 6. The number of phenols is 2. The van der Waals surface area contributed by atoms with Gasteiger partial charge in [0.25, 0.3) is 20.2 Å². The first-order valence-electron chi connectivity index (χ1n) is 20.5. The average Bonchev–Trinajstić information content (AvgIpc) is 3.30. The Hall–Kier alpha value is -6.00. The number of fused-ring (bicyclic) bond motifs is 2. The third-order valence-corrected chi connectivity index (χ3v) is 15.2. The molecule has 0 fully saturated rings. The van der Waals surface area contributed by atoms with Gasteiger partial charge in [0.1, 0.15) is 44.2 Å². The second-order valence-electron chi connectivity index (χ2n) is 16.2. The van der Waals surface area contributed by atoms with E-state index in [0.29, 0.717) is 0 Å². The summed E-state index contributed by atoms with van der Waals surface area (Å²) in [6.07, 6.45) is 0. The monoisotopic (exact) mass is 1080 g/mol. The van der Waals surface area contributed by atoms with Gasteiger partial charge in [-0.05, 0) is 107 Å². The molecule has 0 atom stereocenters. The van der Waals surface area contributed by atoms with E-state index in [-0.39, 0.29) is 136 Å². The minimum atomic E-state index is -4.64. The summed E-state index contributed by atoms with van der Waals surface area (Å²) in [7, 11) is -18.1. The average molecular weight is 1090 g/mol. The molecule has 0 amide bonds. The van der Waals surface area contributed by atoms with Crippen LogP contribution in [0, 0.1) is 0 Å². The van der Waals surface area contributed by atoms with Crippen LogP contribution in [0.3, 0.4) is 0 Å². The van der Waals surface area contributed by atoms with Gasteiger partial charge in [-0.15, -0.1) is 10.2 Å². The molecular weight excluding hydrogens is 1050 g/mol. The summed E-state index contributed by atoms with van der Waals surface area (Å²) in [5, 5.41) is 38.1. The van der Waals surface area contributed by atoms with Crippen LogP contribution in [0.1, 0.15) is 25.0 Å². The Kier molecular flexibility index (Phi) is 16.5. The zero-order valence-corrected chi connectivity index (χ0v) is 46.1. The minimum absolute atomic E-state index is 0. The molecule has 0 aliphatic carbocycles. The predicted molar refractivity (Wildman–Crippen MR) is 262 cm³/mol. The van der Waals surface area contributed by atoms with Gasteiger partial charge in [0.15, 0.2) is 0 Å². The number of hydrogen-bond acceptors (Lipinski definition) is 18. The minimum Gasteiger partial charge on any atom is -0.507 e. The maximum atomic E-state index is 13.4.